The molecule has 0 fully saturated rings. The van der Waals surface area contributed by atoms with Crippen LogP contribution in [0.5, 0.6) is 5.75 Å². The topological polar surface area (TPSA) is 98.3 Å². The van der Waals surface area contributed by atoms with Gasteiger partial charge in [0.25, 0.3) is 0 Å². The fourth-order valence-electron chi connectivity index (χ4n) is 2.31. The molecule has 138 valence electrons. The van der Waals surface area contributed by atoms with E-state index >= 15 is 0 Å². The summed E-state index contributed by atoms with van der Waals surface area (Å²) in [6.07, 6.45) is 1.44. The Hall–Kier alpha value is -3.39. The predicted molar refractivity (Wildman–Crippen MR) is 102 cm³/mol. The Balaban J connectivity index is 1.81. The Morgan fingerprint density at radius 3 is 2.67 bits per heavy atom. The van der Waals surface area contributed by atoms with Gasteiger partial charge in [0.2, 0.25) is 5.95 Å². The van der Waals surface area contributed by atoms with E-state index in [1.54, 1.807) is 49.6 Å². The Morgan fingerprint density at radius 2 is 1.93 bits per heavy atom. The summed E-state index contributed by atoms with van der Waals surface area (Å²) < 4.78 is 9.91. The summed E-state index contributed by atoms with van der Waals surface area (Å²) in [7, 11) is 2.87. The van der Waals surface area contributed by atoms with E-state index in [9.17, 15) is 4.79 Å². The van der Waals surface area contributed by atoms with Crippen LogP contribution >= 0.6 is 11.6 Å². The molecule has 0 bridgehead atoms. The van der Waals surface area contributed by atoms with E-state index in [4.69, 9.17) is 21.1 Å². The van der Waals surface area contributed by atoms with Gasteiger partial charge in [-0.2, -0.15) is 10.1 Å². The number of hydrogen-bond acceptors (Lipinski definition) is 8. The smallest absolute Gasteiger partial charge is 0.339 e. The predicted octanol–water partition coefficient (Wildman–Crippen LogP) is 3.81. The van der Waals surface area contributed by atoms with E-state index in [1.165, 1.54) is 13.3 Å². The van der Waals surface area contributed by atoms with Crippen LogP contribution in [0, 0.1) is 0 Å². The Labute approximate surface area is 160 Å². The molecule has 2 N–H and O–H groups in total. The molecule has 0 amide bonds. The SMILES string of the molecule is COC(=O)c1ccccc1Nc1cnnc(Nc2ccc(OC)c(Cl)c2)n1. The molecule has 0 radical (unpaired) electrons. The minimum Gasteiger partial charge on any atom is -0.495 e. The highest BCUT2D eigenvalue weighted by molar-refractivity contribution is 6.32. The molecule has 3 rings (SSSR count). The first-order chi connectivity index (χ1) is 13.1. The van der Waals surface area contributed by atoms with E-state index in [2.05, 4.69) is 25.8 Å². The zero-order chi connectivity index (χ0) is 19.2. The zero-order valence-corrected chi connectivity index (χ0v) is 15.3. The lowest BCUT2D eigenvalue weighted by atomic mass is 10.2. The highest BCUT2D eigenvalue weighted by atomic mass is 35.5. The fourth-order valence-corrected chi connectivity index (χ4v) is 2.57. The summed E-state index contributed by atoms with van der Waals surface area (Å²) in [6, 6.07) is 12.1. The lowest BCUT2D eigenvalue weighted by Gasteiger charge is -2.11. The minimum absolute atomic E-state index is 0.261. The Kier molecular flexibility index (Phi) is 5.68. The second kappa shape index (κ2) is 8.33. The Morgan fingerprint density at radius 1 is 1.11 bits per heavy atom. The first-order valence-electron chi connectivity index (χ1n) is 7.85. The molecular weight excluding hydrogens is 370 g/mol. The molecule has 0 unspecified atom stereocenters. The van der Waals surface area contributed by atoms with E-state index in [0.29, 0.717) is 33.5 Å². The molecule has 0 saturated carbocycles. The van der Waals surface area contributed by atoms with Crippen molar-refractivity contribution in [2.75, 3.05) is 24.9 Å². The standard InChI is InChI=1S/C18H16ClN5O3/c1-26-15-8-7-11(9-13(15)19)21-18-23-16(10-20-24-18)22-14-6-4-3-5-12(14)17(25)27-2/h3-10H,1-2H3,(H2,21,22,23,24). The number of halogens is 1. The molecule has 27 heavy (non-hydrogen) atoms. The van der Waals surface area contributed by atoms with Gasteiger partial charge in [-0.05, 0) is 30.3 Å². The van der Waals surface area contributed by atoms with Crippen molar-refractivity contribution >= 4 is 40.7 Å². The molecule has 0 spiro atoms. The van der Waals surface area contributed by atoms with Crippen molar-refractivity contribution in [3.05, 3.63) is 59.2 Å². The maximum Gasteiger partial charge on any atom is 0.339 e. The van der Waals surface area contributed by atoms with Crippen LogP contribution in [-0.2, 0) is 4.74 Å². The quantitative estimate of drug-likeness (QED) is 0.618. The highest BCUT2D eigenvalue weighted by Gasteiger charge is 2.12. The molecule has 2 aromatic carbocycles. The minimum atomic E-state index is -0.452. The molecule has 8 nitrogen and oxygen atoms in total. The van der Waals surface area contributed by atoms with Gasteiger partial charge < -0.3 is 20.1 Å². The maximum absolute atomic E-state index is 11.9. The van der Waals surface area contributed by atoms with Crippen molar-refractivity contribution in [2.45, 2.75) is 0 Å². The summed E-state index contributed by atoms with van der Waals surface area (Å²) in [5.74, 6) is 0.780. The van der Waals surface area contributed by atoms with E-state index in [0.717, 1.165) is 0 Å². The zero-order valence-electron chi connectivity index (χ0n) is 14.6. The van der Waals surface area contributed by atoms with Crippen LogP contribution in [0.2, 0.25) is 5.02 Å². The third-order valence-corrected chi connectivity index (χ3v) is 3.86. The summed E-state index contributed by atoms with van der Waals surface area (Å²) in [5, 5.41) is 14.4. The van der Waals surface area contributed by atoms with Crippen molar-refractivity contribution in [1.29, 1.82) is 0 Å². The second-order valence-corrected chi connectivity index (χ2v) is 5.71. The highest BCUT2D eigenvalue weighted by Crippen LogP contribution is 2.28. The first kappa shape index (κ1) is 18.4. The van der Waals surface area contributed by atoms with Gasteiger partial charge in [0.15, 0.2) is 5.82 Å². The molecule has 0 aliphatic carbocycles. The van der Waals surface area contributed by atoms with Crippen molar-refractivity contribution in [3.63, 3.8) is 0 Å². The van der Waals surface area contributed by atoms with Gasteiger partial charge in [-0.15, -0.1) is 5.10 Å². The van der Waals surface area contributed by atoms with Gasteiger partial charge in [-0.25, -0.2) is 4.79 Å². The number of aromatic nitrogens is 3. The van der Waals surface area contributed by atoms with Crippen LogP contribution in [0.1, 0.15) is 10.4 Å². The fraction of sp³-hybridized carbons (Fsp3) is 0.111. The average molecular weight is 386 g/mol. The van der Waals surface area contributed by atoms with Gasteiger partial charge in [0.1, 0.15) is 5.75 Å². The van der Waals surface area contributed by atoms with E-state index in [1.807, 2.05) is 0 Å². The summed E-state index contributed by atoms with van der Waals surface area (Å²) >= 11 is 6.12. The average Bonchev–Trinajstić information content (AvgIpc) is 2.68. The van der Waals surface area contributed by atoms with E-state index in [-0.39, 0.29) is 5.95 Å². The van der Waals surface area contributed by atoms with Crippen LogP contribution in [0.15, 0.2) is 48.7 Å². The van der Waals surface area contributed by atoms with Gasteiger partial charge in [-0.1, -0.05) is 23.7 Å². The summed E-state index contributed by atoms with van der Waals surface area (Å²) in [5.41, 5.74) is 1.60. The molecule has 0 atom stereocenters. The third-order valence-electron chi connectivity index (χ3n) is 3.56. The number of carbonyl (C=O) groups excluding carboxylic acids is 1. The Bertz CT molecular complexity index is 967. The normalized spacial score (nSPS) is 10.2. The lowest BCUT2D eigenvalue weighted by Crippen LogP contribution is -2.07. The summed E-state index contributed by atoms with van der Waals surface area (Å²) in [4.78, 5) is 16.2. The van der Waals surface area contributed by atoms with Crippen LogP contribution < -0.4 is 15.4 Å². The monoisotopic (exact) mass is 385 g/mol. The van der Waals surface area contributed by atoms with Gasteiger partial charge in [0, 0.05) is 5.69 Å². The van der Waals surface area contributed by atoms with Crippen molar-refractivity contribution in [2.24, 2.45) is 0 Å². The first-order valence-corrected chi connectivity index (χ1v) is 8.23. The molecule has 9 heteroatoms. The number of ether oxygens (including phenoxy) is 2. The van der Waals surface area contributed by atoms with Crippen molar-refractivity contribution < 1.29 is 14.3 Å². The molecule has 0 aliphatic heterocycles. The van der Waals surface area contributed by atoms with Crippen LogP contribution in [-0.4, -0.2) is 35.4 Å². The number of rotatable bonds is 6. The van der Waals surface area contributed by atoms with Crippen molar-refractivity contribution in [1.82, 2.24) is 15.2 Å². The number of nitrogens with one attached hydrogen (secondary N) is 2. The van der Waals surface area contributed by atoms with E-state index < -0.39 is 5.97 Å². The molecule has 1 heterocycles. The van der Waals surface area contributed by atoms with Crippen molar-refractivity contribution in [3.8, 4) is 5.75 Å². The summed E-state index contributed by atoms with van der Waals surface area (Å²) in [6.45, 7) is 0. The van der Waals surface area contributed by atoms with Gasteiger partial charge in [-0.3, -0.25) is 0 Å². The van der Waals surface area contributed by atoms with Crippen LogP contribution in [0.25, 0.3) is 0 Å². The molecule has 0 aliphatic rings. The number of hydrogen-bond donors (Lipinski definition) is 2. The number of methoxy groups -OCH3 is 2. The number of para-hydroxylation sites is 1. The molecule has 1 aromatic heterocycles. The third kappa shape index (κ3) is 4.42. The second-order valence-electron chi connectivity index (χ2n) is 5.30. The van der Waals surface area contributed by atoms with Crippen LogP contribution in [0.4, 0.5) is 23.1 Å². The lowest BCUT2D eigenvalue weighted by molar-refractivity contribution is 0.0602. The number of carbonyl (C=O) groups is 1. The number of esters is 1. The largest absolute Gasteiger partial charge is 0.495 e. The van der Waals surface area contributed by atoms with Gasteiger partial charge in [0.05, 0.1) is 36.7 Å². The number of benzene rings is 2. The molecule has 3 aromatic rings. The van der Waals surface area contributed by atoms with Gasteiger partial charge >= 0.3 is 5.97 Å². The van der Waals surface area contributed by atoms with Crippen LogP contribution in [0.3, 0.4) is 0 Å². The number of anilines is 4. The maximum atomic E-state index is 11.9. The molecule has 0 saturated heterocycles. The molecular formula is C18H16ClN5O3. The number of nitrogens with zero attached hydrogens (tertiary/aromatic N) is 3.